The zero-order valence-corrected chi connectivity index (χ0v) is 29.4. The van der Waals surface area contributed by atoms with Crippen LogP contribution in [0.15, 0.2) is 21.9 Å². The van der Waals surface area contributed by atoms with E-state index in [1.54, 1.807) is 0 Å². The lowest BCUT2D eigenvalue weighted by atomic mass is 10.0. The van der Waals surface area contributed by atoms with Crippen molar-refractivity contribution < 1.29 is 33.0 Å². The second-order valence-corrected chi connectivity index (χ2v) is 18.6. The van der Waals surface area contributed by atoms with Crippen LogP contribution in [0.2, 0.25) is 16.6 Å². The average Bonchev–Trinajstić information content (AvgIpc) is 3.58. The number of amides is 1. The summed E-state index contributed by atoms with van der Waals surface area (Å²) < 4.78 is 32.9. The number of hydrogen-bond acceptors (Lipinski definition) is 9. The molecule has 12 nitrogen and oxygen atoms in total. The Labute approximate surface area is 268 Å². The van der Waals surface area contributed by atoms with Gasteiger partial charge in [-0.1, -0.05) is 61.8 Å². The molecule has 0 radical (unpaired) electrons. The van der Waals surface area contributed by atoms with Gasteiger partial charge in [0.1, 0.15) is 6.10 Å². The molecule has 2 fully saturated rings. The lowest BCUT2D eigenvalue weighted by Crippen LogP contribution is -2.54. The maximum Gasteiger partial charge on any atom is 0.330 e. The lowest BCUT2D eigenvalue weighted by Gasteiger charge is -2.45. The van der Waals surface area contributed by atoms with Crippen LogP contribution in [0.3, 0.4) is 0 Å². The first-order valence-electron chi connectivity index (χ1n) is 16.7. The van der Waals surface area contributed by atoms with E-state index in [9.17, 15) is 19.2 Å². The Morgan fingerprint density at radius 2 is 1.64 bits per heavy atom. The Morgan fingerprint density at radius 1 is 1.02 bits per heavy atom. The van der Waals surface area contributed by atoms with Gasteiger partial charge in [-0.05, 0) is 29.5 Å². The van der Waals surface area contributed by atoms with Gasteiger partial charge in [-0.15, -0.1) is 0 Å². The zero-order chi connectivity index (χ0) is 33.4. The molecule has 2 saturated heterocycles. The van der Waals surface area contributed by atoms with Crippen LogP contribution in [0.25, 0.3) is 0 Å². The van der Waals surface area contributed by atoms with Crippen molar-refractivity contribution in [2.24, 2.45) is 0 Å². The summed E-state index contributed by atoms with van der Waals surface area (Å²) in [6, 6.07) is 1.27. The smallest absolute Gasteiger partial charge is 0.330 e. The van der Waals surface area contributed by atoms with Gasteiger partial charge in [0.25, 0.3) is 5.56 Å². The number of nitrogens with one attached hydrogen (secondary N) is 2. The van der Waals surface area contributed by atoms with Crippen molar-refractivity contribution in [3.05, 3.63) is 33.1 Å². The molecule has 0 aromatic carbocycles. The highest BCUT2D eigenvalue weighted by Crippen LogP contribution is 2.47. The van der Waals surface area contributed by atoms with E-state index in [0.29, 0.717) is 32.6 Å². The number of nitrogens with zero attached hydrogens (tertiary/aromatic N) is 1. The number of aromatic amines is 1. The van der Waals surface area contributed by atoms with E-state index in [1.165, 1.54) is 16.8 Å². The third kappa shape index (κ3) is 8.94. The van der Waals surface area contributed by atoms with Crippen LogP contribution in [-0.2, 0) is 33.0 Å². The summed E-state index contributed by atoms with van der Waals surface area (Å²) in [5, 5.41) is 2.91. The van der Waals surface area contributed by atoms with E-state index in [0.717, 1.165) is 12.8 Å². The predicted molar refractivity (Wildman–Crippen MR) is 172 cm³/mol. The zero-order valence-electron chi connectivity index (χ0n) is 28.4. The third-order valence-electron chi connectivity index (χ3n) is 9.24. The van der Waals surface area contributed by atoms with Crippen LogP contribution in [-0.4, -0.2) is 73.6 Å². The van der Waals surface area contributed by atoms with Gasteiger partial charge >= 0.3 is 11.7 Å². The molecule has 1 aromatic rings. The molecule has 1 amide bonds. The van der Waals surface area contributed by atoms with E-state index in [1.807, 2.05) is 6.92 Å². The van der Waals surface area contributed by atoms with Crippen LogP contribution >= 0.6 is 0 Å². The second-order valence-electron chi connectivity index (χ2n) is 13.2. The highest BCUT2D eigenvalue weighted by atomic mass is 28.4. The summed E-state index contributed by atoms with van der Waals surface area (Å²) in [4.78, 5) is 53.0. The maximum absolute atomic E-state index is 13.5. The number of carbonyl (C=O) groups excluding carboxylic acids is 2. The molecule has 1 aromatic heterocycles. The van der Waals surface area contributed by atoms with Gasteiger partial charge in [0.2, 0.25) is 14.2 Å². The third-order valence-corrected chi connectivity index (χ3v) is 15.3. The lowest BCUT2D eigenvalue weighted by molar-refractivity contribution is -0.179. The Balaban J connectivity index is 1.85. The molecule has 4 atom stereocenters. The van der Waals surface area contributed by atoms with Crippen molar-refractivity contribution >= 4 is 20.2 Å². The van der Waals surface area contributed by atoms with Gasteiger partial charge in [0.05, 0.1) is 25.7 Å². The highest BCUT2D eigenvalue weighted by molar-refractivity contribution is 6.77. The minimum Gasteiger partial charge on any atom is -0.457 e. The molecule has 0 aliphatic carbocycles. The fourth-order valence-electron chi connectivity index (χ4n) is 7.01. The number of rotatable bonds is 17. The van der Waals surface area contributed by atoms with E-state index >= 15 is 0 Å². The largest absolute Gasteiger partial charge is 0.457 e. The molecule has 45 heavy (non-hydrogen) atoms. The van der Waals surface area contributed by atoms with E-state index < -0.39 is 55.9 Å². The first kappa shape index (κ1) is 37.1. The molecule has 1 unspecified atom stereocenters. The summed E-state index contributed by atoms with van der Waals surface area (Å²) in [5.41, 5.74) is -0.472. The van der Waals surface area contributed by atoms with E-state index in [-0.39, 0.29) is 41.8 Å². The van der Waals surface area contributed by atoms with Crippen molar-refractivity contribution in [2.75, 3.05) is 19.8 Å². The molecule has 13 heteroatoms. The van der Waals surface area contributed by atoms with Gasteiger partial charge in [-0.3, -0.25) is 23.9 Å². The molecule has 0 spiro atoms. The molecule has 0 bridgehead atoms. The summed E-state index contributed by atoms with van der Waals surface area (Å²) in [6.07, 6.45) is 1.60. The first-order chi connectivity index (χ1) is 21.3. The topological polar surface area (TPSA) is 147 Å². The number of aromatic nitrogens is 2. The highest BCUT2D eigenvalue weighted by Gasteiger charge is 2.55. The molecule has 3 heterocycles. The van der Waals surface area contributed by atoms with Crippen molar-refractivity contribution in [1.29, 1.82) is 0 Å². The molecule has 3 rings (SSSR count). The normalized spacial score (nSPS) is 23.3. The SMILES string of the molecule is CCCCNC(=O)CCC1(CCC(=O)OC2[C@@H](CC)O[C@@H](n3ccc(=O)[nH]c3=O)[C@H]2O[Si](C(C)C)(C(C)C)C(C)C)OCCO1. The molecule has 2 aliphatic rings. The summed E-state index contributed by atoms with van der Waals surface area (Å²) in [7, 11) is -2.55. The number of ether oxygens (including phenoxy) is 4. The Kier molecular flexibility index (Phi) is 13.6. The number of esters is 1. The van der Waals surface area contributed by atoms with Gasteiger partial charge in [-0.25, -0.2) is 4.79 Å². The van der Waals surface area contributed by atoms with E-state index in [4.69, 9.17) is 23.4 Å². The van der Waals surface area contributed by atoms with Crippen molar-refractivity contribution in [2.45, 2.75) is 147 Å². The van der Waals surface area contributed by atoms with Crippen LogP contribution < -0.4 is 16.6 Å². The van der Waals surface area contributed by atoms with Gasteiger partial charge in [-0.2, -0.15) is 0 Å². The first-order valence-corrected chi connectivity index (χ1v) is 18.8. The van der Waals surface area contributed by atoms with Crippen molar-refractivity contribution in [3.8, 4) is 0 Å². The second kappa shape index (κ2) is 16.5. The molecular formula is C32H55N3O9Si. The van der Waals surface area contributed by atoms with Crippen LogP contribution in [0.1, 0.15) is 107 Å². The predicted octanol–water partition coefficient (Wildman–Crippen LogP) is 4.54. The minimum absolute atomic E-state index is 0.00148. The minimum atomic E-state index is -2.55. The molecule has 2 N–H and O–H groups in total. The maximum atomic E-state index is 13.5. The van der Waals surface area contributed by atoms with Crippen LogP contribution in [0.5, 0.6) is 0 Å². The molecule has 256 valence electrons. The standard InChI is InChI=1S/C32H55N3O9Si/c1-9-11-17-33-25(36)12-15-32(40-19-20-41-32)16-13-27(38)43-28-24(10-2)42-30(35-18-14-26(37)34-31(35)39)29(28)44-45(21(3)4,22(5)6)23(7)8/h14,18,21-24,28-30H,9-13,15-17,19-20H2,1-8H3,(H,33,36)(H,34,37,39)/t24-,28?,29+,30-/m1/s1. The molecule has 0 saturated carbocycles. The fourth-order valence-corrected chi connectivity index (χ4v) is 12.5. The average molecular weight is 654 g/mol. The molecule has 2 aliphatic heterocycles. The van der Waals surface area contributed by atoms with Crippen LogP contribution in [0, 0.1) is 0 Å². The van der Waals surface area contributed by atoms with Crippen molar-refractivity contribution in [1.82, 2.24) is 14.9 Å². The fraction of sp³-hybridized carbons (Fsp3) is 0.812. The number of H-pyrrole nitrogens is 1. The monoisotopic (exact) mass is 653 g/mol. The quantitative estimate of drug-likeness (QED) is 0.141. The summed E-state index contributed by atoms with van der Waals surface area (Å²) >= 11 is 0. The van der Waals surface area contributed by atoms with Crippen LogP contribution in [0.4, 0.5) is 0 Å². The van der Waals surface area contributed by atoms with E-state index in [2.05, 4.69) is 58.8 Å². The number of unbranched alkanes of at least 4 members (excludes halogenated alkanes) is 1. The Morgan fingerprint density at radius 3 is 2.20 bits per heavy atom. The Bertz CT molecular complexity index is 1200. The molecular weight excluding hydrogens is 598 g/mol. The summed E-state index contributed by atoms with van der Waals surface area (Å²) in [5.74, 6) is -1.58. The number of hydrogen-bond donors (Lipinski definition) is 2. The number of carbonyl (C=O) groups is 2. The summed E-state index contributed by atoms with van der Waals surface area (Å²) in [6.45, 7) is 18.4. The Hall–Kier alpha value is -2.32. The van der Waals surface area contributed by atoms with Gasteiger partial charge in [0, 0.05) is 38.1 Å². The van der Waals surface area contributed by atoms with Gasteiger partial charge < -0.3 is 28.7 Å². The van der Waals surface area contributed by atoms with Crippen molar-refractivity contribution in [3.63, 3.8) is 0 Å². The van der Waals surface area contributed by atoms with Gasteiger partial charge in [0.15, 0.2) is 18.1 Å².